The van der Waals surface area contributed by atoms with Gasteiger partial charge in [-0.15, -0.1) is 0 Å². The minimum Gasteiger partial charge on any atom is -0.456 e. The normalized spacial score (nSPS) is 12.2. The van der Waals surface area contributed by atoms with Crippen molar-refractivity contribution in [3.63, 3.8) is 0 Å². The van der Waals surface area contributed by atoms with Gasteiger partial charge in [-0.1, -0.05) is 121 Å². The molecular weight excluding hydrogens is 761 g/mol. The van der Waals surface area contributed by atoms with E-state index in [-0.39, 0.29) is 0 Å². The third-order valence-electron chi connectivity index (χ3n) is 12.7. The highest BCUT2D eigenvalue weighted by Crippen LogP contribution is 2.46. The molecule has 14 aromatic rings. The van der Waals surface area contributed by atoms with E-state index in [1.54, 1.807) is 0 Å². The molecule has 0 unspecified atom stereocenters. The van der Waals surface area contributed by atoms with Crippen LogP contribution in [0.4, 0.5) is 0 Å². The predicted molar refractivity (Wildman–Crippen MR) is 254 cm³/mol. The molecule has 0 aliphatic carbocycles. The Morgan fingerprint density at radius 1 is 0.371 bits per heavy atom. The molecule has 9 aromatic carbocycles. The van der Waals surface area contributed by atoms with Gasteiger partial charge >= 0.3 is 0 Å². The highest BCUT2D eigenvalue weighted by molar-refractivity contribution is 6.27. The molecule has 0 spiro atoms. The van der Waals surface area contributed by atoms with Gasteiger partial charge in [0, 0.05) is 59.9 Å². The fourth-order valence-corrected chi connectivity index (χ4v) is 10.0. The second kappa shape index (κ2) is 12.5. The first-order valence-corrected chi connectivity index (χ1v) is 20.9. The fraction of sp³-hybridized carbons (Fsp3) is 0. The lowest BCUT2D eigenvalue weighted by Crippen LogP contribution is -2.04. The summed E-state index contributed by atoms with van der Waals surface area (Å²) in [6.45, 7) is 0. The topological polar surface area (TPSA) is 61.9 Å². The van der Waals surface area contributed by atoms with Crippen molar-refractivity contribution in [2.24, 2.45) is 0 Å². The SMILES string of the molecule is c1ccc(-n2c3ccccc3c3ccc(-c4cc5c6ccccc6oc5c5c6ccccc6n(-c6nc(-c7ccc8oc9ccccc9c8c7)c7ccccc7n6)c45)cc32)cc1. The maximum absolute atomic E-state index is 6.87. The van der Waals surface area contributed by atoms with Crippen LogP contribution in [0, 0.1) is 0 Å². The fourth-order valence-electron chi connectivity index (χ4n) is 10.0. The molecule has 5 heterocycles. The molecular formula is C56H32N4O2. The Balaban J connectivity index is 1.12. The number of hydrogen-bond acceptors (Lipinski definition) is 4. The molecule has 0 amide bonds. The molecule has 0 aliphatic rings. The standard InChI is InChI=1S/C56H32N4O2/c1-2-14-35(15-3-1)59-46-22-10-5-16-36(46)37-28-26-33(31-48(37)59)42-32-44-39-18-8-13-25-50(39)62-55(44)52-41-20-6-11-23-47(41)60(54(42)52)56-57-45-21-9-4-19-40(45)53(58-56)34-27-29-51-43(30-34)38-17-7-12-24-49(38)61-51/h1-32H. The van der Waals surface area contributed by atoms with E-state index in [0.717, 1.165) is 110 Å². The third-order valence-corrected chi connectivity index (χ3v) is 12.7. The molecule has 0 radical (unpaired) electrons. The first-order valence-electron chi connectivity index (χ1n) is 20.9. The van der Waals surface area contributed by atoms with E-state index in [9.17, 15) is 0 Å². The zero-order valence-electron chi connectivity index (χ0n) is 33.1. The van der Waals surface area contributed by atoms with Crippen LogP contribution in [0.25, 0.3) is 132 Å². The average Bonchev–Trinajstić information content (AvgIpc) is 4.08. The number of para-hydroxylation sites is 6. The first-order chi connectivity index (χ1) is 30.7. The van der Waals surface area contributed by atoms with Crippen molar-refractivity contribution in [2.75, 3.05) is 0 Å². The summed E-state index contributed by atoms with van der Waals surface area (Å²) in [7, 11) is 0. The van der Waals surface area contributed by atoms with Gasteiger partial charge in [-0.05, 0) is 78.4 Å². The van der Waals surface area contributed by atoms with Crippen LogP contribution in [0.3, 0.4) is 0 Å². The summed E-state index contributed by atoms with van der Waals surface area (Å²) in [4.78, 5) is 11.0. The van der Waals surface area contributed by atoms with E-state index in [1.807, 2.05) is 24.3 Å². The van der Waals surface area contributed by atoms with Gasteiger partial charge in [0.2, 0.25) is 5.95 Å². The summed E-state index contributed by atoms with van der Waals surface area (Å²) in [5.74, 6) is 0.582. The van der Waals surface area contributed by atoms with Crippen LogP contribution in [0.5, 0.6) is 0 Å². The zero-order chi connectivity index (χ0) is 40.5. The van der Waals surface area contributed by atoms with Gasteiger partial charge in [0.05, 0.1) is 38.7 Å². The highest BCUT2D eigenvalue weighted by Gasteiger charge is 2.26. The Morgan fingerprint density at radius 3 is 1.81 bits per heavy atom. The van der Waals surface area contributed by atoms with Crippen LogP contribution in [0.15, 0.2) is 203 Å². The lowest BCUT2D eigenvalue weighted by molar-refractivity contribution is 0.669. The number of benzene rings is 9. The van der Waals surface area contributed by atoms with E-state index >= 15 is 0 Å². The molecule has 6 nitrogen and oxygen atoms in total. The Kier molecular flexibility index (Phi) is 6.74. The third kappa shape index (κ3) is 4.63. The van der Waals surface area contributed by atoms with Crippen molar-refractivity contribution < 1.29 is 8.83 Å². The number of rotatable bonds is 4. The second-order valence-electron chi connectivity index (χ2n) is 16.1. The molecule has 6 heteroatoms. The molecule has 5 aromatic heterocycles. The van der Waals surface area contributed by atoms with Crippen molar-refractivity contribution in [1.82, 2.24) is 19.1 Å². The quantitative estimate of drug-likeness (QED) is 0.178. The second-order valence-corrected chi connectivity index (χ2v) is 16.1. The number of nitrogens with zero attached hydrogens (tertiary/aromatic N) is 4. The monoisotopic (exact) mass is 792 g/mol. The molecule has 0 N–H and O–H groups in total. The maximum Gasteiger partial charge on any atom is 0.235 e. The van der Waals surface area contributed by atoms with Gasteiger partial charge in [-0.25, -0.2) is 9.97 Å². The first kappa shape index (κ1) is 33.4. The van der Waals surface area contributed by atoms with Crippen LogP contribution in [-0.4, -0.2) is 19.1 Å². The van der Waals surface area contributed by atoms with Gasteiger partial charge in [-0.3, -0.25) is 4.57 Å². The minimum atomic E-state index is 0.582. The Labute approximate surface area is 353 Å². The van der Waals surface area contributed by atoms with Crippen molar-refractivity contribution in [3.05, 3.63) is 194 Å². The van der Waals surface area contributed by atoms with Crippen LogP contribution in [0.2, 0.25) is 0 Å². The summed E-state index contributed by atoms with van der Waals surface area (Å²) in [6.07, 6.45) is 0. The van der Waals surface area contributed by atoms with E-state index in [1.165, 1.54) is 16.3 Å². The van der Waals surface area contributed by atoms with Gasteiger partial charge in [0.1, 0.15) is 22.3 Å². The van der Waals surface area contributed by atoms with E-state index < -0.39 is 0 Å². The highest BCUT2D eigenvalue weighted by atomic mass is 16.3. The number of aromatic nitrogens is 4. The lowest BCUT2D eigenvalue weighted by Gasteiger charge is -2.14. The van der Waals surface area contributed by atoms with Crippen molar-refractivity contribution in [3.8, 4) is 34.0 Å². The zero-order valence-corrected chi connectivity index (χ0v) is 33.1. The predicted octanol–water partition coefficient (Wildman–Crippen LogP) is 15.0. The van der Waals surface area contributed by atoms with Gasteiger partial charge in [-0.2, -0.15) is 0 Å². The summed E-state index contributed by atoms with van der Waals surface area (Å²) < 4.78 is 17.8. The van der Waals surface area contributed by atoms with E-state index in [4.69, 9.17) is 18.8 Å². The van der Waals surface area contributed by atoms with Gasteiger partial charge in [0.25, 0.3) is 0 Å². The molecule has 0 aliphatic heterocycles. The van der Waals surface area contributed by atoms with E-state index in [0.29, 0.717) is 5.95 Å². The van der Waals surface area contributed by atoms with E-state index in [2.05, 4.69) is 179 Å². The van der Waals surface area contributed by atoms with Crippen molar-refractivity contribution in [1.29, 1.82) is 0 Å². The smallest absolute Gasteiger partial charge is 0.235 e. The molecule has 0 atom stereocenters. The van der Waals surface area contributed by atoms with Crippen molar-refractivity contribution in [2.45, 2.75) is 0 Å². The molecule has 0 fully saturated rings. The molecule has 0 saturated heterocycles. The Bertz CT molecular complexity index is 4170. The molecule has 0 saturated carbocycles. The average molecular weight is 793 g/mol. The van der Waals surface area contributed by atoms with Crippen LogP contribution in [0.1, 0.15) is 0 Å². The van der Waals surface area contributed by atoms with Gasteiger partial charge < -0.3 is 13.4 Å². The Morgan fingerprint density at radius 2 is 0.984 bits per heavy atom. The van der Waals surface area contributed by atoms with Crippen LogP contribution >= 0.6 is 0 Å². The number of fused-ring (bicyclic) bond motifs is 14. The summed E-state index contributed by atoms with van der Waals surface area (Å²) in [6, 6.07) is 68.3. The molecule has 0 bridgehead atoms. The lowest BCUT2D eigenvalue weighted by atomic mass is 9.97. The van der Waals surface area contributed by atoms with Crippen LogP contribution < -0.4 is 0 Å². The minimum absolute atomic E-state index is 0.582. The van der Waals surface area contributed by atoms with Crippen molar-refractivity contribution >= 4 is 98.4 Å². The number of furan rings is 2. The maximum atomic E-state index is 6.87. The summed E-state index contributed by atoms with van der Waals surface area (Å²) in [5, 5.41) is 9.75. The largest absolute Gasteiger partial charge is 0.456 e. The summed E-state index contributed by atoms with van der Waals surface area (Å²) >= 11 is 0. The molecule has 288 valence electrons. The molecule has 62 heavy (non-hydrogen) atoms. The van der Waals surface area contributed by atoms with Crippen LogP contribution in [-0.2, 0) is 0 Å². The van der Waals surface area contributed by atoms with Gasteiger partial charge in [0.15, 0.2) is 0 Å². The number of hydrogen-bond donors (Lipinski definition) is 0. The molecule has 14 rings (SSSR count). The Hall–Kier alpha value is -8.48. The summed E-state index contributed by atoms with van der Waals surface area (Å²) in [5.41, 5.74) is 13.6.